The zero-order valence-corrected chi connectivity index (χ0v) is 14.0. The third-order valence-corrected chi connectivity index (χ3v) is 4.12. The number of fused-ring (bicyclic) bond motifs is 1. The highest BCUT2D eigenvalue weighted by Gasteiger charge is 2.29. The van der Waals surface area contributed by atoms with Gasteiger partial charge in [0.05, 0.1) is 5.69 Å². The van der Waals surface area contributed by atoms with E-state index in [1.165, 1.54) is 0 Å². The Hall–Kier alpha value is -1.07. The molecule has 0 aliphatic carbocycles. The van der Waals surface area contributed by atoms with Gasteiger partial charge in [0.2, 0.25) is 5.91 Å². The Morgan fingerprint density at radius 2 is 2.00 bits per heavy atom. The van der Waals surface area contributed by atoms with E-state index in [-0.39, 0.29) is 5.91 Å². The fraction of sp³-hybridized carbons (Fsp3) is 0.533. The van der Waals surface area contributed by atoms with E-state index in [0.717, 1.165) is 28.0 Å². The predicted octanol–water partition coefficient (Wildman–Crippen LogP) is 3.27. The Balaban J connectivity index is 2.42. The molecule has 1 aromatic carbocycles. The number of benzene rings is 1. The predicted molar refractivity (Wildman–Crippen MR) is 87.0 cm³/mol. The van der Waals surface area contributed by atoms with Crippen molar-refractivity contribution in [3.8, 4) is 0 Å². The molecule has 0 fully saturated rings. The van der Waals surface area contributed by atoms with Crippen LogP contribution in [0.2, 0.25) is 0 Å². The van der Waals surface area contributed by atoms with Gasteiger partial charge in [-0.15, -0.1) is 0 Å². The van der Waals surface area contributed by atoms with Crippen molar-refractivity contribution in [3.05, 3.63) is 22.2 Å². The van der Waals surface area contributed by atoms with Crippen molar-refractivity contribution in [2.24, 2.45) is 11.7 Å². The molecule has 0 saturated carbocycles. The number of hydrogen-bond donors (Lipinski definition) is 2. The molecule has 0 aromatic heterocycles. The molecule has 110 valence electrons. The van der Waals surface area contributed by atoms with Crippen molar-refractivity contribution in [3.63, 3.8) is 0 Å². The average Bonchev–Trinajstić information content (AvgIpc) is 2.61. The number of carbonyl (C=O) groups is 1. The molecule has 0 saturated heterocycles. The van der Waals surface area contributed by atoms with Gasteiger partial charge in [0.15, 0.2) is 0 Å². The smallest absolute Gasteiger partial charge is 0.245 e. The number of nitrogens with two attached hydrogens (primary N) is 1. The molecule has 1 amide bonds. The minimum absolute atomic E-state index is 0.135. The van der Waals surface area contributed by atoms with Gasteiger partial charge in [-0.25, -0.2) is 0 Å². The van der Waals surface area contributed by atoms with Gasteiger partial charge in [-0.2, -0.15) is 0 Å². The molecular formula is C15H22BrN3O. The maximum absolute atomic E-state index is 11.7. The number of nitrogens with one attached hydrogen (secondary N) is 1. The highest BCUT2D eigenvalue weighted by molar-refractivity contribution is 9.10. The quantitative estimate of drug-likeness (QED) is 0.884. The van der Waals surface area contributed by atoms with Crippen LogP contribution in [0, 0.1) is 5.92 Å². The molecule has 1 aromatic rings. The number of halogens is 1. The minimum atomic E-state index is -0.562. The Kier molecular flexibility index (Phi) is 4.39. The van der Waals surface area contributed by atoms with Crippen LogP contribution >= 0.6 is 15.9 Å². The molecule has 5 heteroatoms. The third-order valence-electron chi connectivity index (χ3n) is 3.49. The number of rotatable bonds is 4. The molecular weight excluding hydrogens is 318 g/mol. The lowest BCUT2D eigenvalue weighted by molar-refractivity contribution is -0.116. The van der Waals surface area contributed by atoms with Crippen LogP contribution in [0.4, 0.5) is 11.4 Å². The fourth-order valence-corrected chi connectivity index (χ4v) is 3.08. The van der Waals surface area contributed by atoms with Crippen LogP contribution in [-0.4, -0.2) is 18.5 Å². The van der Waals surface area contributed by atoms with Crippen LogP contribution in [0.3, 0.4) is 0 Å². The lowest BCUT2D eigenvalue weighted by Gasteiger charge is -2.32. The van der Waals surface area contributed by atoms with Gasteiger partial charge in [-0.1, -0.05) is 13.8 Å². The Labute approximate surface area is 128 Å². The summed E-state index contributed by atoms with van der Waals surface area (Å²) in [6.45, 7) is 9.72. The summed E-state index contributed by atoms with van der Waals surface area (Å²) in [6, 6.07) is 3.81. The number of nitrogens with zero attached hydrogens (tertiary/aromatic N) is 1. The second-order valence-corrected chi connectivity index (χ2v) is 6.85. The summed E-state index contributed by atoms with van der Waals surface area (Å²) in [5, 5.41) is 2.85. The van der Waals surface area contributed by atoms with E-state index in [1.54, 1.807) is 0 Å². The van der Waals surface area contributed by atoms with Gasteiger partial charge in [0.25, 0.3) is 0 Å². The van der Waals surface area contributed by atoms with Gasteiger partial charge in [-0.05, 0) is 47.8 Å². The standard InChI is InChI=1S/C15H22BrN3O/c1-8(2)7-19(9(3)4)13-6-12-10(5-11(13)16)14(17)15(20)18-12/h5-6,8-9,14H,7,17H2,1-4H3,(H,18,20). The SMILES string of the molecule is CC(C)CN(c1cc2c(cc1Br)C(N)C(=O)N2)C(C)C. The van der Waals surface area contributed by atoms with Crippen molar-refractivity contribution in [2.45, 2.75) is 39.8 Å². The summed E-state index contributed by atoms with van der Waals surface area (Å²) in [5.41, 5.74) is 8.67. The molecule has 20 heavy (non-hydrogen) atoms. The Morgan fingerprint density at radius 1 is 1.35 bits per heavy atom. The highest BCUT2D eigenvalue weighted by atomic mass is 79.9. The highest BCUT2D eigenvalue weighted by Crippen LogP contribution is 2.39. The molecule has 1 atom stereocenters. The molecule has 1 heterocycles. The van der Waals surface area contributed by atoms with Gasteiger partial charge >= 0.3 is 0 Å². The maximum atomic E-state index is 11.7. The molecule has 3 N–H and O–H groups in total. The Morgan fingerprint density at radius 3 is 2.55 bits per heavy atom. The first-order chi connectivity index (χ1) is 9.31. The number of anilines is 2. The van der Waals surface area contributed by atoms with Crippen LogP contribution in [0.25, 0.3) is 0 Å². The molecule has 4 nitrogen and oxygen atoms in total. The molecule has 1 aliphatic rings. The first-order valence-corrected chi connectivity index (χ1v) is 7.77. The van der Waals surface area contributed by atoms with Gasteiger partial charge in [0.1, 0.15) is 6.04 Å². The summed E-state index contributed by atoms with van der Waals surface area (Å²) in [4.78, 5) is 14.0. The first-order valence-electron chi connectivity index (χ1n) is 6.97. The van der Waals surface area contributed by atoms with Crippen LogP contribution in [0.1, 0.15) is 39.3 Å². The maximum Gasteiger partial charge on any atom is 0.245 e. The minimum Gasteiger partial charge on any atom is -0.368 e. The van der Waals surface area contributed by atoms with E-state index >= 15 is 0 Å². The summed E-state index contributed by atoms with van der Waals surface area (Å²) in [7, 11) is 0. The third kappa shape index (κ3) is 2.83. The van der Waals surface area contributed by atoms with Gasteiger partial charge in [-0.3, -0.25) is 4.79 Å². The van der Waals surface area contributed by atoms with Crippen LogP contribution in [0.5, 0.6) is 0 Å². The topological polar surface area (TPSA) is 58.4 Å². The monoisotopic (exact) mass is 339 g/mol. The van der Waals surface area contributed by atoms with Crippen molar-refractivity contribution in [2.75, 3.05) is 16.8 Å². The van der Waals surface area contributed by atoms with Gasteiger partial charge < -0.3 is 16.0 Å². The number of amides is 1. The van der Waals surface area contributed by atoms with Gasteiger partial charge in [0, 0.05) is 28.3 Å². The summed E-state index contributed by atoms with van der Waals surface area (Å²) >= 11 is 3.62. The number of hydrogen-bond acceptors (Lipinski definition) is 3. The van der Waals surface area contributed by atoms with Crippen LogP contribution in [-0.2, 0) is 4.79 Å². The molecule has 2 rings (SSSR count). The van der Waals surface area contributed by atoms with E-state index in [2.05, 4.69) is 53.8 Å². The largest absolute Gasteiger partial charge is 0.368 e. The van der Waals surface area contributed by atoms with Crippen molar-refractivity contribution in [1.29, 1.82) is 0 Å². The molecule has 0 spiro atoms. The lowest BCUT2D eigenvalue weighted by Crippen LogP contribution is -2.34. The van der Waals surface area contributed by atoms with Crippen LogP contribution < -0.4 is 16.0 Å². The van der Waals surface area contributed by atoms with E-state index in [9.17, 15) is 4.79 Å². The lowest BCUT2D eigenvalue weighted by atomic mass is 10.1. The molecule has 1 aliphatic heterocycles. The van der Waals surface area contributed by atoms with Crippen molar-refractivity contribution >= 4 is 33.2 Å². The second-order valence-electron chi connectivity index (χ2n) is 6.00. The Bertz CT molecular complexity index is 528. The zero-order valence-electron chi connectivity index (χ0n) is 12.4. The van der Waals surface area contributed by atoms with E-state index in [4.69, 9.17) is 5.73 Å². The molecule has 0 bridgehead atoms. The summed E-state index contributed by atoms with van der Waals surface area (Å²) < 4.78 is 0.984. The average molecular weight is 340 g/mol. The van der Waals surface area contributed by atoms with E-state index in [1.807, 2.05) is 12.1 Å². The zero-order chi connectivity index (χ0) is 15.0. The van der Waals surface area contributed by atoms with Crippen molar-refractivity contribution < 1.29 is 4.79 Å². The fourth-order valence-electron chi connectivity index (χ4n) is 2.50. The first kappa shape index (κ1) is 15.3. The number of carbonyl (C=O) groups excluding carboxylic acids is 1. The molecule has 1 unspecified atom stereocenters. The second kappa shape index (κ2) is 5.74. The van der Waals surface area contributed by atoms with Crippen molar-refractivity contribution in [1.82, 2.24) is 0 Å². The van der Waals surface area contributed by atoms with Crippen LogP contribution in [0.15, 0.2) is 16.6 Å². The molecule has 0 radical (unpaired) electrons. The van der Waals surface area contributed by atoms with E-state index in [0.29, 0.717) is 12.0 Å². The summed E-state index contributed by atoms with van der Waals surface area (Å²) in [6.07, 6.45) is 0. The van der Waals surface area contributed by atoms with E-state index < -0.39 is 6.04 Å². The normalized spacial score (nSPS) is 17.6. The summed E-state index contributed by atoms with van der Waals surface area (Å²) in [5.74, 6) is 0.429.